The predicted octanol–water partition coefficient (Wildman–Crippen LogP) is 3.92. The first-order chi connectivity index (χ1) is 7.70. The zero-order valence-corrected chi connectivity index (χ0v) is 9.84. The van der Waals surface area contributed by atoms with E-state index in [9.17, 15) is 8.78 Å². The van der Waals surface area contributed by atoms with Crippen LogP contribution in [0.25, 0.3) is 11.1 Å². The molecule has 1 nitrogen and oxygen atoms in total. The van der Waals surface area contributed by atoms with Crippen LogP contribution in [0.1, 0.15) is 5.69 Å². The maximum absolute atomic E-state index is 13.1. The molecule has 0 bridgehead atoms. The molecule has 0 amide bonds. The van der Waals surface area contributed by atoms with Crippen LogP contribution in [0.15, 0.2) is 36.4 Å². The lowest BCUT2D eigenvalue weighted by atomic mass is 10.0. The van der Waals surface area contributed by atoms with E-state index in [1.165, 1.54) is 18.2 Å². The van der Waals surface area contributed by atoms with Crippen molar-refractivity contribution < 1.29 is 8.78 Å². The topological polar surface area (TPSA) is 12.9 Å². The summed E-state index contributed by atoms with van der Waals surface area (Å²) in [5.74, 6) is -0.850. The van der Waals surface area contributed by atoms with E-state index in [4.69, 9.17) is 0 Å². The largest absolute Gasteiger partial charge is 0.223 e. The molecule has 0 fully saturated rings. The molecule has 1 aromatic heterocycles. The highest BCUT2D eigenvalue weighted by Crippen LogP contribution is 2.24. The highest BCUT2D eigenvalue weighted by molar-refractivity contribution is 9.08. The Kier molecular flexibility index (Phi) is 3.29. The van der Waals surface area contributed by atoms with Crippen molar-refractivity contribution in [3.8, 4) is 11.1 Å². The first-order valence-corrected chi connectivity index (χ1v) is 5.80. The lowest BCUT2D eigenvalue weighted by Crippen LogP contribution is -1.94. The number of halogens is 3. The lowest BCUT2D eigenvalue weighted by molar-refractivity contribution is 0.580. The first-order valence-electron chi connectivity index (χ1n) is 4.68. The van der Waals surface area contributed by atoms with Crippen LogP contribution in [0.3, 0.4) is 0 Å². The molecule has 0 aliphatic rings. The molecule has 16 heavy (non-hydrogen) atoms. The van der Waals surface area contributed by atoms with Gasteiger partial charge in [-0.3, -0.25) is 0 Å². The van der Waals surface area contributed by atoms with Crippen molar-refractivity contribution in [3.05, 3.63) is 53.9 Å². The molecule has 1 heterocycles. The average molecular weight is 284 g/mol. The Hall–Kier alpha value is -1.29. The summed E-state index contributed by atoms with van der Waals surface area (Å²) < 4.78 is 26.0. The smallest absolute Gasteiger partial charge is 0.213 e. The number of pyridine rings is 1. The van der Waals surface area contributed by atoms with Crippen LogP contribution >= 0.6 is 15.9 Å². The standard InChI is InChI=1S/C12H8BrF2N/c13-7-11-10(4-5-12(15)16-11)8-2-1-3-9(14)6-8/h1-6H,7H2. The minimum atomic E-state index is -0.533. The van der Waals surface area contributed by atoms with E-state index < -0.39 is 5.95 Å². The molecule has 0 spiro atoms. The minimum Gasteiger partial charge on any atom is -0.223 e. The van der Waals surface area contributed by atoms with Crippen molar-refractivity contribution in [2.24, 2.45) is 0 Å². The van der Waals surface area contributed by atoms with Gasteiger partial charge in [-0.15, -0.1) is 0 Å². The van der Waals surface area contributed by atoms with E-state index in [0.29, 0.717) is 16.6 Å². The van der Waals surface area contributed by atoms with Gasteiger partial charge in [-0.2, -0.15) is 4.39 Å². The number of benzene rings is 1. The van der Waals surface area contributed by atoms with Crippen LogP contribution in [-0.4, -0.2) is 4.98 Å². The fourth-order valence-corrected chi connectivity index (χ4v) is 1.92. The van der Waals surface area contributed by atoms with E-state index in [1.807, 2.05) is 0 Å². The lowest BCUT2D eigenvalue weighted by Gasteiger charge is -2.06. The van der Waals surface area contributed by atoms with Crippen molar-refractivity contribution in [2.75, 3.05) is 0 Å². The summed E-state index contributed by atoms with van der Waals surface area (Å²) in [6.07, 6.45) is 0. The van der Waals surface area contributed by atoms with Gasteiger partial charge in [-0.25, -0.2) is 9.37 Å². The zero-order valence-electron chi connectivity index (χ0n) is 8.25. The van der Waals surface area contributed by atoms with Gasteiger partial charge in [-0.05, 0) is 29.8 Å². The van der Waals surface area contributed by atoms with Crippen molar-refractivity contribution in [2.45, 2.75) is 5.33 Å². The molecule has 0 radical (unpaired) electrons. The number of aromatic nitrogens is 1. The summed E-state index contributed by atoms with van der Waals surface area (Å²) in [6.45, 7) is 0. The van der Waals surface area contributed by atoms with Crippen LogP contribution in [0.2, 0.25) is 0 Å². The Morgan fingerprint density at radius 3 is 2.62 bits per heavy atom. The maximum Gasteiger partial charge on any atom is 0.213 e. The monoisotopic (exact) mass is 283 g/mol. The van der Waals surface area contributed by atoms with Gasteiger partial charge < -0.3 is 0 Å². The first kappa shape index (κ1) is 11.2. The third-order valence-corrected chi connectivity index (χ3v) is 2.73. The molecule has 0 atom stereocenters. The summed E-state index contributed by atoms with van der Waals surface area (Å²) in [5, 5.41) is 0.427. The summed E-state index contributed by atoms with van der Waals surface area (Å²) in [4.78, 5) is 3.76. The average Bonchev–Trinajstić information content (AvgIpc) is 2.28. The van der Waals surface area contributed by atoms with Crippen molar-refractivity contribution in [1.82, 2.24) is 4.98 Å². The third kappa shape index (κ3) is 2.27. The van der Waals surface area contributed by atoms with Crippen molar-refractivity contribution in [1.29, 1.82) is 0 Å². The molecular formula is C12H8BrF2N. The molecule has 0 aliphatic heterocycles. The van der Waals surface area contributed by atoms with Crippen LogP contribution in [0.4, 0.5) is 8.78 Å². The summed E-state index contributed by atoms with van der Waals surface area (Å²) in [5.41, 5.74) is 1.99. The van der Waals surface area contributed by atoms with Gasteiger partial charge in [0.1, 0.15) is 5.82 Å². The van der Waals surface area contributed by atoms with E-state index in [-0.39, 0.29) is 5.82 Å². The second-order valence-electron chi connectivity index (χ2n) is 3.27. The second-order valence-corrected chi connectivity index (χ2v) is 3.83. The quantitative estimate of drug-likeness (QED) is 0.601. The normalized spacial score (nSPS) is 10.4. The van der Waals surface area contributed by atoms with Crippen LogP contribution in [-0.2, 0) is 5.33 Å². The van der Waals surface area contributed by atoms with Crippen LogP contribution in [0, 0.1) is 11.8 Å². The molecule has 1 aromatic carbocycles. The molecular weight excluding hydrogens is 276 g/mol. The van der Waals surface area contributed by atoms with Gasteiger partial charge in [0.25, 0.3) is 0 Å². The Morgan fingerprint density at radius 1 is 1.12 bits per heavy atom. The fraction of sp³-hybridized carbons (Fsp3) is 0.0833. The van der Waals surface area contributed by atoms with Crippen LogP contribution in [0.5, 0.6) is 0 Å². The third-order valence-electron chi connectivity index (χ3n) is 2.20. The Labute approximate surface area is 100 Å². The molecule has 0 unspecified atom stereocenters. The molecule has 2 rings (SSSR count). The predicted molar refractivity (Wildman–Crippen MR) is 62.2 cm³/mol. The number of hydrogen-bond donors (Lipinski definition) is 0. The maximum atomic E-state index is 13.1. The second kappa shape index (κ2) is 4.70. The Bertz CT molecular complexity index is 514. The van der Waals surface area contributed by atoms with Gasteiger partial charge >= 0.3 is 0 Å². The number of alkyl halides is 1. The zero-order chi connectivity index (χ0) is 11.5. The van der Waals surface area contributed by atoms with E-state index >= 15 is 0 Å². The summed E-state index contributed by atoms with van der Waals surface area (Å²) in [7, 11) is 0. The van der Waals surface area contributed by atoms with Crippen LogP contribution < -0.4 is 0 Å². The van der Waals surface area contributed by atoms with Crippen molar-refractivity contribution in [3.63, 3.8) is 0 Å². The SMILES string of the molecule is Fc1cccc(-c2ccc(F)nc2CBr)c1. The highest BCUT2D eigenvalue weighted by atomic mass is 79.9. The van der Waals surface area contributed by atoms with Gasteiger partial charge in [0.05, 0.1) is 5.69 Å². The molecule has 4 heteroatoms. The minimum absolute atomic E-state index is 0.317. The van der Waals surface area contributed by atoms with Gasteiger partial charge in [0.15, 0.2) is 0 Å². The van der Waals surface area contributed by atoms with Gasteiger partial charge in [0, 0.05) is 10.9 Å². The molecule has 0 saturated carbocycles. The number of hydrogen-bond acceptors (Lipinski definition) is 1. The van der Waals surface area contributed by atoms with E-state index in [0.717, 1.165) is 5.56 Å². The van der Waals surface area contributed by atoms with E-state index in [2.05, 4.69) is 20.9 Å². The Balaban J connectivity index is 2.55. The molecule has 0 N–H and O–H groups in total. The Morgan fingerprint density at radius 2 is 1.94 bits per heavy atom. The van der Waals surface area contributed by atoms with Crippen molar-refractivity contribution >= 4 is 15.9 Å². The highest BCUT2D eigenvalue weighted by Gasteiger charge is 2.07. The fourth-order valence-electron chi connectivity index (χ4n) is 1.50. The van der Waals surface area contributed by atoms with Gasteiger partial charge in [-0.1, -0.05) is 28.1 Å². The number of rotatable bonds is 2. The molecule has 2 aromatic rings. The summed E-state index contributed by atoms with van der Waals surface area (Å²) in [6, 6.07) is 9.03. The molecule has 0 aliphatic carbocycles. The number of nitrogens with zero attached hydrogens (tertiary/aromatic N) is 1. The summed E-state index contributed by atoms with van der Waals surface area (Å²) >= 11 is 3.24. The van der Waals surface area contributed by atoms with E-state index in [1.54, 1.807) is 18.2 Å². The molecule has 0 saturated heterocycles. The van der Waals surface area contributed by atoms with Gasteiger partial charge in [0.2, 0.25) is 5.95 Å². The molecule has 82 valence electrons.